The maximum Gasteiger partial charge on any atom is 0.297 e. The van der Waals surface area contributed by atoms with Crippen molar-refractivity contribution in [2.75, 3.05) is 0 Å². The van der Waals surface area contributed by atoms with Crippen LogP contribution in [0.2, 0.25) is 0 Å². The second-order valence-corrected chi connectivity index (χ2v) is 6.08. The minimum Gasteiger partial charge on any atom is -0.448 e. The molecule has 0 aliphatic rings. The zero-order valence-corrected chi connectivity index (χ0v) is 13.9. The number of oxazole rings is 1. The molecule has 0 aliphatic heterocycles. The monoisotopic (exact) mass is 361 g/mol. The molecular formula is C20H12FN3O3. The first-order valence-electron chi connectivity index (χ1n) is 8.26. The lowest BCUT2D eigenvalue weighted by Gasteiger charge is -2.01. The van der Waals surface area contributed by atoms with E-state index in [1.807, 2.05) is 18.2 Å². The van der Waals surface area contributed by atoms with Gasteiger partial charge in [-0.15, -0.1) is 0 Å². The number of halogens is 1. The maximum absolute atomic E-state index is 13.0. The Morgan fingerprint density at radius 2 is 1.81 bits per heavy atom. The zero-order valence-electron chi connectivity index (χ0n) is 13.9. The van der Waals surface area contributed by atoms with Crippen molar-refractivity contribution in [3.8, 4) is 11.3 Å². The highest BCUT2D eigenvalue weighted by Crippen LogP contribution is 2.24. The summed E-state index contributed by atoms with van der Waals surface area (Å²) in [4.78, 5) is 21.3. The first kappa shape index (κ1) is 15.5. The highest BCUT2D eigenvalue weighted by Gasteiger charge is 2.14. The Morgan fingerprint density at radius 1 is 1.00 bits per heavy atom. The quantitative estimate of drug-likeness (QED) is 0.486. The number of aromatic nitrogens is 3. The first-order valence-corrected chi connectivity index (χ1v) is 8.26. The van der Waals surface area contributed by atoms with Crippen LogP contribution >= 0.6 is 0 Å². The van der Waals surface area contributed by atoms with Crippen LogP contribution in [0.5, 0.6) is 0 Å². The molecule has 0 fully saturated rings. The fraction of sp³-hybridized carbons (Fsp3) is 0.0500. The summed E-state index contributed by atoms with van der Waals surface area (Å²) in [7, 11) is 0. The minimum absolute atomic E-state index is 0.111. The largest absolute Gasteiger partial charge is 0.448 e. The number of nitrogens with zero attached hydrogens (tertiary/aromatic N) is 3. The summed E-state index contributed by atoms with van der Waals surface area (Å²) in [6, 6.07) is 13.3. The van der Waals surface area contributed by atoms with Crippen molar-refractivity contribution in [1.82, 2.24) is 14.5 Å². The molecule has 2 aromatic carbocycles. The molecule has 5 rings (SSSR count). The topological polar surface area (TPSA) is 74.1 Å². The van der Waals surface area contributed by atoms with Crippen LogP contribution in [0.4, 0.5) is 4.39 Å². The van der Waals surface area contributed by atoms with Crippen molar-refractivity contribution in [2.24, 2.45) is 0 Å². The molecule has 3 aromatic heterocycles. The Balaban J connectivity index is 1.51. The Hall–Kier alpha value is -3.74. The molecule has 0 unspecified atom stereocenters. The van der Waals surface area contributed by atoms with Crippen molar-refractivity contribution in [3.63, 3.8) is 0 Å². The fourth-order valence-corrected chi connectivity index (χ4v) is 3.00. The van der Waals surface area contributed by atoms with Gasteiger partial charge in [-0.2, -0.15) is 0 Å². The average Bonchev–Trinajstić information content (AvgIpc) is 3.30. The predicted octanol–water partition coefficient (Wildman–Crippen LogP) is 3.99. The summed E-state index contributed by atoms with van der Waals surface area (Å²) in [6.45, 7) is 0.111. The van der Waals surface area contributed by atoms with Crippen molar-refractivity contribution in [2.45, 2.75) is 6.54 Å². The normalized spacial score (nSPS) is 11.4. The van der Waals surface area contributed by atoms with Crippen molar-refractivity contribution < 1.29 is 13.2 Å². The maximum atomic E-state index is 13.0. The van der Waals surface area contributed by atoms with Gasteiger partial charge in [0.15, 0.2) is 5.76 Å². The van der Waals surface area contributed by atoms with Gasteiger partial charge < -0.3 is 8.83 Å². The third kappa shape index (κ3) is 2.60. The van der Waals surface area contributed by atoms with E-state index in [4.69, 9.17) is 8.83 Å². The second kappa shape index (κ2) is 5.91. The molecule has 0 amide bonds. The lowest BCUT2D eigenvalue weighted by atomic mass is 10.2. The van der Waals surface area contributed by atoms with Crippen LogP contribution in [0.25, 0.3) is 33.4 Å². The summed E-state index contributed by atoms with van der Waals surface area (Å²) in [5.74, 6) is 0.514. The molecule has 0 spiro atoms. The summed E-state index contributed by atoms with van der Waals surface area (Å²) in [6.07, 6.45) is 3.00. The lowest BCUT2D eigenvalue weighted by molar-refractivity contribution is 0.482. The molecule has 0 saturated heterocycles. The number of hydrogen-bond donors (Lipinski definition) is 0. The minimum atomic E-state index is -0.324. The molecule has 0 saturated carbocycles. The van der Waals surface area contributed by atoms with Crippen molar-refractivity contribution >= 4 is 22.1 Å². The van der Waals surface area contributed by atoms with Crippen LogP contribution < -0.4 is 5.56 Å². The Kier molecular flexibility index (Phi) is 3.39. The Morgan fingerprint density at radius 3 is 2.67 bits per heavy atom. The van der Waals surface area contributed by atoms with E-state index in [2.05, 4.69) is 9.97 Å². The SMILES string of the molecule is O=c1c2oc3ccccc3c2ncn1Cc1ncc(-c2ccc(F)cc2)o1. The molecular weight excluding hydrogens is 349 g/mol. The molecule has 0 aliphatic carbocycles. The van der Waals surface area contributed by atoms with Gasteiger partial charge in [-0.25, -0.2) is 14.4 Å². The van der Waals surface area contributed by atoms with Gasteiger partial charge in [0.1, 0.15) is 23.5 Å². The van der Waals surface area contributed by atoms with Crippen LogP contribution in [-0.2, 0) is 6.54 Å². The second-order valence-electron chi connectivity index (χ2n) is 6.08. The van der Waals surface area contributed by atoms with Gasteiger partial charge in [-0.3, -0.25) is 9.36 Å². The predicted molar refractivity (Wildman–Crippen MR) is 96.8 cm³/mol. The van der Waals surface area contributed by atoms with E-state index >= 15 is 0 Å². The highest BCUT2D eigenvalue weighted by atomic mass is 19.1. The molecule has 0 radical (unpaired) electrons. The molecule has 0 N–H and O–H groups in total. The third-order valence-electron chi connectivity index (χ3n) is 4.34. The lowest BCUT2D eigenvalue weighted by Crippen LogP contribution is -2.20. The molecule has 7 heteroatoms. The number of hydrogen-bond acceptors (Lipinski definition) is 5. The van der Waals surface area contributed by atoms with Crippen LogP contribution in [0.15, 0.2) is 74.7 Å². The first-order chi connectivity index (χ1) is 13.2. The van der Waals surface area contributed by atoms with E-state index in [-0.39, 0.29) is 23.5 Å². The summed E-state index contributed by atoms with van der Waals surface area (Å²) in [5, 5.41) is 0.798. The Labute approximate surface area is 151 Å². The Bertz CT molecular complexity index is 1330. The van der Waals surface area contributed by atoms with E-state index in [0.717, 1.165) is 5.39 Å². The molecule has 6 nitrogen and oxygen atoms in total. The number of rotatable bonds is 3. The van der Waals surface area contributed by atoms with Crippen molar-refractivity contribution in [3.05, 3.63) is 83.1 Å². The summed E-state index contributed by atoms with van der Waals surface area (Å²) >= 11 is 0. The molecule has 27 heavy (non-hydrogen) atoms. The van der Waals surface area contributed by atoms with E-state index in [1.165, 1.54) is 23.0 Å². The molecule has 0 atom stereocenters. The molecule has 132 valence electrons. The summed E-state index contributed by atoms with van der Waals surface area (Å²) < 4.78 is 25.8. The van der Waals surface area contributed by atoms with Crippen LogP contribution in [0, 0.1) is 5.82 Å². The average molecular weight is 361 g/mol. The third-order valence-corrected chi connectivity index (χ3v) is 4.34. The van der Waals surface area contributed by atoms with Gasteiger partial charge >= 0.3 is 0 Å². The zero-order chi connectivity index (χ0) is 18.4. The van der Waals surface area contributed by atoms with Gasteiger partial charge in [0.2, 0.25) is 11.5 Å². The van der Waals surface area contributed by atoms with Gasteiger partial charge in [0, 0.05) is 10.9 Å². The number of benzene rings is 2. The summed E-state index contributed by atoms with van der Waals surface area (Å²) in [5.41, 5.74) is 1.74. The standard InChI is InChI=1S/C20H12FN3O3/c21-13-7-5-12(6-8-13)16-9-22-17(26-16)10-24-11-23-18-14-3-1-2-4-15(14)27-19(18)20(24)25/h1-9,11H,10H2. The van der Waals surface area contributed by atoms with Crippen molar-refractivity contribution in [1.29, 1.82) is 0 Å². The van der Waals surface area contributed by atoms with E-state index < -0.39 is 0 Å². The van der Waals surface area contributed by atoms with E-state index in [9.17, 15) is 9.18 Å². The van der Waals surface area contributed by atoms with E-state index in [1.54, 1.807) is 24.4 Å². The van der Waals surface area contributed by atoms with Gasteiger partial charge in [-0.05, 0) is 36.4 Å². The molecule has 0 bridgehead atoms. The number of para-hydroxylation sites is 1. The van der Waals surface area contributed by atoms with Crippen LogP contribution in [0.3, 0.4) is 0 Å². The molecule has 5 aromatic rings. The van der Waals surface area contributed by atoms with Gasteiger partial charge in [0.05, 0.1) is 12.5 Å². The number of fused-ring (bicyclic) bond motifs is 3. The highest BCUT2D eigenvalue weighted by molar-refractivity contribution is 6.01. The van der Waals surface area contributed by atoms with Crippen LogP contribution in [0.1, 0.15) is 5.89 Å². The smallest absolute Gasteiger partial charge is 0.297 e. The molecule has 3 heterocycles. The van der Waals surface area contributed by atoms with Gasteiger partial charge in [-0.1, -0.05) is 12.1 Å². The fourth-order valence-electron chi connectivity index (χ4n) is 3.00. The van der Waals surface area contributed by atoms with Gasteiger partial charge in [0.25, 0.3) is 5.56 Å². The van der Waals surface area contributed by atoms with Crippen LogP contribution in [-0.4, -0.2) is 14.5 Å². The van der Waals surface area contributed by atoms with E-state index in [0.29, 0.717) is 28.3 Å². The number of furan rings is 1.